The van der Waals surface area contributed by atoms with Gasteiger partial charge in [-0.3, -0.25) is 0 Å². The molecule has 2 nitrogen and oxygen atoms in total. The van der Waals surface area contributed by atoms with Gasteiger partial charge >= 0.3 is 6.18 Å². The van der Waals surface area contributed by atoms with Gasteiger partial charge in [0, 0.05) is 12.6 Å². The second kappa shape index (κ2) is 8.39. The molecule has 0 bridgehead atoms. The Labute approximate surface area is 124 Å². The highest BCUT2D eigenvalue weighted by molar-refractivity contribution is 5.34. The van der Waals surface area contributed by atoms with Gasteiger partial charge in [0.1, 0.15) is 6.61 Å². The van der Waals surface area contributed by atoms with Crippen molar-refractivity contribution in [3.05, 3.63) is 34.9 Å². The molecule has 0 fully saturated rings. The van der Waals surface area contributed by atoms with E-state index in [0.29, 0.717) is 6.42 Å². The molecule has 0 saturated carbocycles. The highest BCUT2D eigenvalue weighted by Crippen LogP contribution is 2.24. The fraction of sp³-hybridized carbons (Fsp3) is 0.625. The van der Waals surface area contributed by atoms with E-state index in [0.717, 1.165) is 18.4 Å². The van der Waals surface area contributed by atoms with Crippen molar-refractivity contribution in [2.75, 3.05) is 20.3 Å². The Morgan fingerprint density at radius 3 is 2.43 bits per heavy atom. The molecule has 0 heterocycles. The lowest BCUT2D eigenvalue weighted by Gasteiger charge is -2.21. The Morgan fingerprint density at radius 1 is 1.19 bits per heavy atom. The van der Waals surface area contributed by atoms with E-state index in [-0.39, 0.29) is 12.6 Å². The summed E-state index contributed by atoms with van der Waals surface area (Å²) in [6, 6.07) is 6.37. The first-order chi connectivity index (χ1) is 9.91. The van der Waals surface area contributed by atoms with Crippen LogP contribution in [0.1, 0.15) is 43.0 Å². The molecule has 0 aliphatic heterocycles. The molecule has 0 spiro atoms. The number of halogens is 3. The summed E-state index contributed by atoms with van der Waals surface area (Å²) in [5.41, 5.74) is 3.62. The Bertz CT molecular complexity index is 432. The molecule has 120 valence electrons. The van der Waals surface area contributed by atoms with Crippen LogP contribution in [0.15, 0.2) is 18.2 Å². The number of hydrogen-bond donors (Lipinski definition) is 1. The van der Waals surface area contributed by atoms with Crippen molar-refractivity contribution in [3.63, 3.8) is 0 Å². The molecule has 5 heteroatoms. The number of nitrogens with one attached hydrogen (secondary N) is 1. The summed E-state index contributed by atoms with van der Waals surface area (Å²) in [5, 5.41) is 3.18. The monoisotopic (exact) mass is 303 g/mol. The predicted molar refractivity (Wildman–Crippen MR) is 78.5 cm³/mol. The summed E-state index contributed by atoms with van der Waals surface area (Å²) in [5.74, 6) is 0. The van der Waals surface area contributed by atoms with Crippen molar-refractivity contribution in [2.24, 2.45) is 0 Å². The lowest BCUT2D eigenvalue weighted by Crippen LogP contribution is -2.22. The molecule has 21 heavy (non-hydrogen) atoms. The second-order valence-electron chi connectivity index (χ2n) is 5.04. The third-order valence-corrected chi connectivity index (χ3v) is 3.54. The zero-order chi connectivity index (χ0) is 15.9. The third kappa shape index (κ3) is 6.06. The van der Waals surface area contributed by atoms with Crippen LogP contribution in [0.5, 0.6) is 0 Å². The van der Waals surface area contributed by atoms with Gasteiger partial charge in [0.05, 0.1) is 0 Å². The van der Waals surface area contributed by atoms with Crippen LogP contribution in [0.4, 0.5) is 13.2 Å². The summed E-state index contributed by atoms with van der Waals surface area (Å²) < 4.78 is 40.9. The van der Waals surface area contributed by atoms with Crippen LogP contribution in [-0.4, -0.2) is 26.4 Å². The van der Waals surface area contributed by atoms with E-state index >= 15 is 0 Å². The molecular weight excluding hydrogens is 279 g/mol. The highest BCUT2D eigenvalue weighted by atomic mass is 19.4. The van der Waals surface area contributed by atoms with E-state index < -0.39 is 12.8 Å². The van der Waals surface area contributed by atoms with Gasteiger partial charge in [-0.05, 0) is 43.0 Å². The van der Waals surface area contributed by atoms with Crippen LogP contribution in [0.25, 0.3) is 0 Å². The van der Waals surface area contributed by atoms with Crippen LogP contribution in [0.3, 0.4) is 0 Å². The number of alkyl halides is 3. The zero-order valence-corrected chi connectivity index (χ0v) is 12.9. The molecule has 0 saturated heterocycles. The molecule has 0 aliphatic carbocycles. The Kier molecular flexibility index (Phi) is 7.18. The second-order valence-corrected chi connectivity index (χ2v) is 5.04. The molecule has 1 rings (SSSR count). The minimum absolute atomic E-state index is 0.0136. The Balaban J connectivity index is 2.70. The van der Waals surface area contributed by atoms with Crippen molar-refractivity contribution in [1.29, 1.82) is 0 Å². The van der Waals surface area contributed by atoms with E-state index in [9.17, 15) is 13.2 Å². The molecule has 0 aliphatic rings. The largest absolute Gasteiger partial charge is 0.411 e. The van der Waals surface area contributed by atoms with Crippen molar-refractivity contribution in [1.82, 2.24) is 5.32 Å². The maximum Gasteiger partial charge on any atom is 0.411 e. The third-order valence-electron chi connectivity index (χ3n) is 3.54. The number of aryl methyl sites for hydroxylation is 2. The lowest BCUT2D eigenvalue weighted by molar-refractivity contribution is -0.174. The van der Waals surface area contributed by atoms with Gasteiger partial charge in [-0.1, -0.05) is 32.0 Å². The van der Waals surface area contributed by atoms with Crippen LogP contribution in [0.2, 0.25) is 0 Å². The van der Waals surface area contributed by atoms with Gasteiger partial charge in [0.25, 0.3) is 0 Å². The fourth-order valence-corrected chi connectivity index (χ4v) is 2.36. The maximum absolute atomic E-state index is 12.1. The number of rotatable bonds is 8. The quantitative estimate of drug-likeness (QED) is 0.732. The molecule has 1 aromatic carbocycles. The molecule has 1 atom stereocenters. The molecule has 0 radical (unpaired) electrons. The van der Waals surface area contributed by atoms with Gasteiger partial charge in [-0.25, -0.2) is 0 Å². The minimum atomic E-state index is -4.26. The predicted octanol–water partition coefficient (Wildman–Crippen LogP) is 4.04. The van der Waals surface area contributed by atoms with Crippen molar-refractivity contribution < 1.29 is 17.9 Å². The van der Waals surface area contributed by atoms with Crippen molar-refractivity contribution in [3.8, 4) is 0 Å². The number of benzene rings is 1. The van der Waals surface area contributed by atoms with E-state index in [2.05, 4.69) is 37.4 Å². The van der Waals surface area contributed by atoms with Gasteiger partial charge in [-0.2, -0.15) is 13.2 Å². The smallest absolute Gasteiger partial charge is 0.372 e. The van der Waals surface area contributed by atoms with Crippen LogP contribution < -0.4 is 5.32 Å². The van der Waals surface area contributed by atoms with Gasteiger partial charge < -0.3 is 10.1 Å². The van der Waals surface area contributed by atoms with Crippen LogP contribution >= 0.6 is 0 Å². The first kappa shape index (κ1) is 18.0. The van der Waals surface area contributed by atoms with Crippen LogP contribution in [-0.2, 0) is 17.6 Å². The van der Waals surface area contributed by atoms with E-state index in [1.807, 2.05) is 7.05 Å². The molecule has 1 unspecified atom stereocenters. The highest BCUT2D eigenvalue weighted by Gasteiger charge is 2.27. The van der Waals surface area contributed by atoms with Gasteiger partial charge in [-0.15, -0.1) is 0 Å². The fourth-order valence-electron chi connectivity index (χ4n) is 2.36. The van der Waals surface area contributed by atoms with Crippen LogP contribution in [0, 0.1) is 0 Å². The summed E-state index contributed by atoms with van der Waals surface area (Å²) >= 11 is 0. The normalized spacial score (nSPS) is 13.4. The summed E-state index contributed by atoms with van der Waals surface area (Å²) in [6.45, 7) is 3.08. The molecule has 0 amide bonds. The van der Waals surface area contributed by atoms with E-state index in [1.54, 1.807) is 0 Å². The molecule has 0 aromatic heterocycles. The molecular formula is C16H24F3NO. The van der Waals surface area contributed by atoms with E-state index in [4.69, 9.17) is 4.74 Å². The number of hydrogen-bond acceptors (Lipinski definition) is 2. The minimum Gasteiger partial charge on any atom is -0.372 e. The zero-order valence-electron chi connectivity index (χ0n) is 12.9. The Hall–Kier alpha value is -1.07. The summed E-state index contributed by atoms with van der Waals surface area (Å²) in [6.07, 6.45) is -1.89. The van der Waals surface area contributed by atoms with Gasteiger partial charge in [0.2, 0.25) is 0 Å². The Morgan fingerprint density at radius 2 is 1.90 bits per heavy atom. The van der Waals surface area contributed by atoms with E-state index in [1.165, 1.54) is 11.1 Å². The lowest BCUT2D eigenvalue weighted by atomic mass is 9.94. The first-order valence-electron chi connectivity index (χ1n) is 7.34. The average Bonchev–Trinajstić information content (AvgIpc) is 2.45. The standard InChI is InChI=1S/C16H24F3NO/c1-4-12-6-7-13(5-2)14(10-12)15(20-3)8-9-21-11-16(17,18)19/h6-7,10,15,20H,4-5,8-9,11H2,1-3H3. The summed E-state index contributed by atoms with van der Waals surface area (Å²) in [4.78, 5) is 0. The SMILES string of the molecule is CCc1ccc(CC)c(C(CCOCC(F)(F)F)NC)c1. The molecule has 1 N–H and O–H groups in total. The average molecular weight is 303 g/mol. The molecule has 1 aromatic rings. The van der Waals surface area contributed by atoms with Crippen molar-refractivity contribution >= 4 is 0 Å². The summed E-state index contributed by atoms with van der Waals surface area (Å²) in [7, 11) is 1.83. The maximum atomic E-state index is 12.1. The number of ether oxygens (including phenoxy) is 1. The topological polar surface area (TPSA) is 21.3 Å². The van der Waals surface area contributed by atoms with Crippen molar-refractivity contribution in [2.45, 2.75) is 45.3 Å². The van der Waals surface area contributed by atoms with Gasteiger partial charge in [0.15, 0.2) is 0 Å². The first-order valence-corrected chi connectivity index (χ1v) is 7.34.